The molecule has 0 spiro atoms. The van der Waals surface area contributed by atoms with Crippen molar-refractivity contribution in [1.29, 1.82) is 0 Å². The first kappa shape index (κ1) is 14.2. The lowest BCUT2D eigenvalue weighted by atomic mass is 10.1. The predicted molar refractivity (Wildman–Crippen MR) is 86.4 cm³/mol. The van der Waals surface area contributed by atoms with Crippen LogP contribution < -0.4 is 0 Å². The van der Waals surface area contributed by atoms with Gasteiger partial charge in [-0.05, 0) is 49.7 Å². The van der Waals surface area contributed by atoms with E-state index < -0.39 is 0 Å². The summed E-state index contributed by atoms with van der Waals surface area (Å²) in [4.78, 5) is 20.1. The number of Topliss-reactive ketones (excluding diaryl/α,β-unsaturated/α-hetero) is 1. The molecule has 0 saturated heterocycles. The zero-order chi connectivity index (χ0) is 15.0. The van der Waals surface area contributed by atoms with Gasteiger partial charge in [-0.3, -0.25) is 4.79 Å². The Balaban J connectivity index is 1.91. The number of benzene rings is 2. The number of nitrogens with zero attached hydrogens (tertiary/aromatic N) is 1. The van der Waals surface area contributed by atoms with Gasteiger partial charge in [0, 0.05) is 10.5 Å². The van der Waals surface area contributed by atoms with Gasteiger partial charge in [-0.25, -0.2) is 4.98 Å². The standard InChI is InChI=1S/C16H13ClN2OS/c1-9-3-6-14-15(7-9)19-16(18-14)21-11-4-5-12(10(2)20)13(17)8-11/h3-8H,1-2H3,(H,18,19). The molecule has 0 unspecified atom stereocenters. The summed E-state index contributed by atoms with van der Waals surface area (Å²) in [6, 6.07) is 11.5. The van der Waals surface area contributed by atoms with Crippen LogP contribution in [0.4, 0.5) is 0 Å². The molecule has 0 aliphatic heterocycles. The normalized spacial score (nSPS) is 11.0. The average Bonchev–Trinajstić information content (AvgIpc) is 2.79. The Kier molecular flexibility index (Phi) is 3.74. The number of hydrogen-bond acceptors (Lipinski definition) is 3. The van der Waals surface area contributed by atoms with Crippen LogP contribution in [0.3, 0.4) is 0 Å². The van der Waals surface area contributed by atoms with Crippen molar-refractivity contribution in [2.75, 3.05) is 0 Å². The molecule has 0 fully saturated rings. The maximum absolute atomic E-state index is 11.4. The van der Waals surface area contributed by atoms with Gasteiger partial charge in [0.25, 0.3) is 0 Å². The van der Waals surface area contributed by atoms with Crippen LogP contribution in [-0.2, 0) is 0 Å². The summed E-state index contributed by atoms with van der Waals surface area (Å²) < 4.78 is 0. The molecular weight excluding hydrogens is 304 g/mol. The number of imidazole rings is 1. The van der Waals surface area contributed by atoms with Crippen LogP contribution >= 0.6 is 23.4 Å². The molecule has 21 heavy (non-hydrogen) atoms. The van der Waals surface area contributed by atoms with Gasteiger partial charge in [0.05, 0.1) is 16.1 Å². The third-order valence-corrected chi connectivity index (χ3v) is 4.34. The average molecular weight is 317 g/mol. The number of nitrogens with one attached hydrogen (secondary N) is 1. The van der Waals surface area contributed by atoms with Gasteiger partial charge in [0.15, 0.2) is 10.9 Å². The van der Waals surface area contributed by atoms with Crippen molar-refractivity contribution in [3.05, 3.63) is 52.5 Å². The summed E-state index contributed by atoms with van der Waals surface area (Å²) in [5.41, 5.74) is 3.69. The summed E-state index contributed by atoms with van der Waals surface area (Å²) >= 11 is 7.62. The van der Waals surface area contributed by atoms with E-state index in [4.69, 9.17) is 11.6 Å². The highest BCUT2D eigenvalue weighted by atomic mass is 35.5. The highest BCUT2D eigenvalue weighted by molar-refractivity contribution is 7.99. The highest BCUT2D eigenvalue weighted by Crippen LogP contribution is 2.30. The number of carbonyl (C=O) groups excluding carboxylic acids is 1. The Morgan fingerprint density at radius 2 is 2.05 bits per heavy atom. The molecule has 3 aromatic rings. The number of hydrogen-bond donors (Lipinski definition) is 1. The number of halogens is 1. The third-order valence-electron chi connectivity index (χ3n) is 3.15. The summed E-state index contributed by atoms with van der Waals surface area (Å²) in [7, 11) is 0. The maximum atomic E-state index is 11.4. The van der Waals surface area contributed by atoms with E-state index in [0.717, 1.165) is 21.1 Å². The van der Waals surface area contributed by atoms with Crippen molar-refractivity contribution in [3.63, 3.8) is 0 Å². The molecule has 1 N–H and O–H groups in total. The number of H-pyrrole nitrogens is 1. The van der Waals surface area contributed by atoms with Crippen LogP contribution in [0.25, 0.3) is 11.0 Å². The third kappa shape index (κ3) is 2.96. The quantitative estimate of drug-likeness (QED) is 0.700. The molecule has 0 amide bonds. The second kappa shape index (κ2) is 5.54. The van der Waals surface area contributed by atoms with E-state index in [-0.39, 0.29) is 5.78 Å². The van der Waals surface area contributed by atoms with Crippen molar-refractivity contribution >= 4 is 40.2 Å². The number of carbonyl (C=O) groups is 1. The van der Waals surface area contributed by atoms with E-state index in [1.54, 1.807) is 12.1 Å². The Hall–Kier alpha value is -1.78. The van der Waals surface area contributed by atoms with Gasteiger partial charge in [0.2, 0.25) is 0 Å². The smallest absolute Gasteiger partial charge is 0.171 e. The molecule has 3 nitrogen and oxygen atoms in total. The van der Waals surface area contributed by atoms with Crippen LogP contribution in [0.1, 0.15) is 22.8 Å². The number of aromatic nitrogens is 2. The van der Waals surface area contributed by atoms with Gasteiger partial charge in [-0.15, -0.1) is 0 Å². The van der Waals surface area contributed by atoms with Crippen molar-refractivity contribution in [3.8, 4) is 0 Å². The summed E-state index contributed by atoms with van der Waals surface area (Å²) in [5.74, 6) is -0.0317. The van der Waals surface area contributed by atoms with Gasteiger partial charge in [-0.1, -0.05) is 29.4 Å². The van der Waals surface area contributed by atoms with Crippen LogP contribution in [0.5, 0.6) is 0 Å². The van der Waals surface area contributed by atoms with Crippen LogP contribution in [-0.4, -0.2) is 15.8 Å². The molecule has 5 heteroatoms. The lowest BCUT2D eigenvalue weighted by molar-refractivity contribution is 0.101. The summed E-state index contributed by atoms with van der Waals surface area (Å²) in [6.07, 6.45) is 0. The topological polar surface area (TPSA) is 45.8 Å². The molecule has 0 saturated carbocycles. The first-order chi connectivity index (χ1) is 10.0. The van der Waals surface area contributed by atoms with Crippen molar-refractivity contribution < 1.29 is 4.79 Å². The van der Waals surface area contributed by atoms with Crippen molar-refractivity contribution in [1.82, 2.24) is 9.97 Å². The zero-order valence-electron chi connectivity index (χ0n) is 11.6. The van der Waals surface area contributed by atoms with E-state index in [0.29, 0.717) is 10.6 Å². The highest BCUT2D eigenvalue weighted by Gasteiger charge is 2.09. The molecule has 1 heterocycles. The van der Waals surface area contributed by atoms with Gasteiger partial charge >= 0.3 is 0 Å². The summed E-state index contributed by atoms with van der Waals surface area (Å²) in [6.45, 7) is 3.56. The molecule has 0 atom stereocenters. The predicted octanol–water partition coefficient (Wildman–Crippen LogP) is 4.88. The summed E-state index contributed by atoms with van der Waals surface area (Å²) in [5, 5.41) is 1.28. The van der Waals surface area contributed by atoms with Crippen molar-refractivity contribution in [2.45, 2.75) is 23.9 Å². The van der Waals surface area contributed by atoms with E-state index in [2.05, 4.69) is 16.0 Å². The number of fused-ring (bicyclic) bond motifs is 1. The molecule has 0 aliphatic carbocycles. The fraction of sp³-hybridized carbons (Fsp3) is 0.125. The molecule has 0 radical (unpaired) electrons. The second-order valence-corrected chi connectivity index (χ2v) is 6.33. The first-order valence-electron chi connectivity index (χ1n) is 6.47. The van der Waals surface area contributed by atoms with E-state index in [9.17, 15) is 4.79 Å². The van der Waals surface area contributed by atoms with Gasteiger partial charge in [0.1, 0.15) is 0 Å². The monoisotopic (exact) mass is 316 g/mol. The van der Waals surface area contributed by atoms with E-state index >= 15 is 0 Å². The Labute approximate surface area is 131 Å². The minimum absolute atomic E-state index is 0.0317. The van der Waals surface area contributed by atoms with Gasteiger partial charge < -0.3 is 4.98 Å². The van der Waals surface area contributed by atoms with Crippen molar-refractivity contribution in [2.24, 2.45) is 0 Å². The number of aryl methyl sites for hydroxylation is 1. The molecular formula is C16H13ClN2OS. The Bertz CT molecular complexity index is 841. The van der Waals surface area contributed by atoms with Gasteiger partial charge in [-0.2, -0.15) is 0 Å². The second-order valence-electron chi connectivity index (χ2n) is 4.86. The Morgan fingerprint density at radius 3 is 2.76 bits per heavy atom. The lowest BCUT2D eigenvalue weighted by Crippen LogP contribution is -1.92. The van der Waals surface area contributed by atoms with E-state index in [1.165, 1.54) is 24.2 Å². The number of rotatable bonds is 3. The maximum Gasteiger partial charge on any atom is 0.171 e. The number of ketones is 1. The Morgan fingerprint density at radius 1 is 1.24 bits per heavy atom. The molecule has 106 valence electrons. The zero-order valence-corrected chi connectivity index (χ0v) is 13.2. The van der Waals surface area contributed by atoms with Crippen LogP contribution in [0.15, 0.2) is 46.5 Å². The first-order valence-corrected chi connectivity index (χ1v) is 7.67. The van der Waals surface area contributed by atoms with Crippen LogP contribution in [0.2, 0.25) is 5.02 Å². The molecule has 2 aromatic carbocycles. The molecule has 3 rings (SSSR count). The minimum atomic E-state index is -0.0317. The lowest BCUT2D eigenvalue weighted by Gasteiger charge is -2.02. The number of aromatic amines is 1. The van der Waals surface area contributed by atoms with Crippen LogP contribution in [0, 0.1) is 6.92 Å². The molecule has 1 aromatic heterocycles. The SMILES string of the molecule is CC(=O)c1ccc(Sc2nc3ccc(C)cc3[nH]2)cc1Cl. The fourth-order valence-electron chi connectivity index (χ4n) is 2.10. The van der Waals surface area contributed by atoms with E-state index in [1.807, 2.05) is 25.1 Å². The fourth-order valence-corrected chi connectivity index (χ4v) is 3.32. The minimum Gasteiger partial charge on any atom is -0.333 e. The molecule has 0 aliphatic rings. The largest absolute Gasteiger partial charge is 0.333 e. The molecule has 0 bridgehead atoms.